The van der Waals surface area contributed by atoms with Crippen LogP contribution in [0.2, 0.25) is 0 Å². The molecule has 6 heteroatoms. The van der Waals surface area contributed by atoms with E-state index in [-0.39, 0.29) is 11.7 Å². The Kier molecular flexibility index (Phi) is 4.67. The molecule has 2 aromatic rings. The van der Waals surface area contributed by atoms with Crippen molar-refractivity contribution in [3.05, 3.63) is 41.8 Å². The summed E-state index contributed by atoms with van der Waals surface area (Å²) in [6.45, 7) is 1.81. The van der Waals surface area contributed by atoms with Crippen LogP contribution in [0.5, 0.6) is 0 Å². The van der Waals surface area contributed by atoms with Crippen molar-refractivity contribution in [3.63, 3.8) is 0 Å². The number of halogens is 2. The first-order valence-corrected chi connectivity index (χ1v) is 10.2. The number of amides is 1. The van der Waals surface area contributed by atoms with E-state index in [1.807, 2.05) is 35.9 Å². The Bertz CT molecular complexity index is 845. The van der Waals surface area contributed by atoms with Crippen LogP contribution in [0.3, 0.4) is 0 Å². The number of benzene rings is 1. The topological polar surface area (TPSA) is 62.2 Å². The number of carbonyl (C=O) groups is 1. The summed E-state index contributed by atoms with van der Waals surface area (Å²) in [7, 11) is 0. The summed E-state index contributed by atoms with van der Waals surface area (Å²) in [6, 6.07) is 6.76. The molecule has 4 nitrogen and oxygen atoms in total. The van der Waals surface area contributed by atoms with Crippen LogP contribution in [-0.2, 0) is 4.79 Å². The molecule has 2 N–H and O–H groups in total. The predicted octanol–water partition coefficient (Wildman–Crippen LogP) is 4.11. The molecule has 1 aromatic carbocycles. The van der Waals surface area contributed by atoms with Crippen LogP contribution in [0.4, 0.5) is 4.39 Å². The lowest BCUT2D eigenvalue weighted by molar-refractivity contribution is -0.131. The molecule has 1 aromatic heterocycles. The van der Waals surface area contributed by atoms with E-state index in [1.54, 1.807) is 18.3 Å². The average Bonchev–Trinajstić information content (AvgIpc) is 3.15. The zero-order valence-corrected chi connectivity index (χ0v) is 16.7. The molecule has 2 saturated carbocycles. The molecule has 2 fully saturated rings. The second-order valence-corrected chi connectivity index (χ2v) is 8.48. The Labute approximate surface area is 166 Å². The zero-order chi connectivity index (χ0) is 18.5. The zero-order valence-electron chi connectivity index (χ0n) is 14.6. The van der Waals surface area contributed by atoms with E-state index in [9.17, 15) is 14.3 Å². The molecule has 0 aliphatic heterocycles. The molecular weight excluding hydrogens is 446 g/mol. The van der Waals surface area contributed by atoms with E-state index < -0.39 is 11.5 Å². The van der Waals surface area contributed by atoms with Crippen LogP contribution in [0.15, 0.2) is 30.5 Å². The minimum atomic E-state index is -0.915. The minimum Gasteiger partial charge on any atom is -0.389 e. The fourth-order valence-electron chi connectivity index (χ4n) is 5.13. The van der Waals surface area contributed by atoms with Crippen molar-refractivity contribution in [2.45, 2.75) is 44.1 Å². The molecule has 3 atom stereocenters. The number of rotatable bonds is 3. The first kappa shape index (κ1) is 18.1. The molecule has 2 aliphatic carbocycles. The molecule has 0 radical (unpaired) electrons. The molecule has 0 saturated heterocycles. The fourth-order valence-corrected chi connectivity index (χ4v) is 5.60. The Morgan fingerprint density at radius 2 is 2.04 bits per heavy atom. The van der Waals surface area contributed by atoms with E-state index in [2.05, 4.69) is 8.51 Å². The van der Waals surface area contributed by atoms with Gasteiger partial charge in [0.15, 0.2) is 0 Å². The molecule has 1 heterocycles. The second kappa shape index (κ2) is 6.71. The van der Waals surface area contributed by atoms with Crippen molar-refractivity contribution in [1.29, 1.82) is 0 Å². The molecule has 0 spiro atoms. The van der Waals surface area contributed by atoms with Crippen molar-refractivity contribution in [3.8, 4) is 0 Å². The standard InChI is InChI=1S/C20H22FIN2O2/c1-11(19(25)24-22)20(26)9-13-6-12(7-14(13)10-20)16-4-5-23-18-3-2-15(21)8-17(16)18/h2-5,8,11-14,26H,6-7,9-10H2,1H3,(H,24,25). The lowest BCUT2D eigenvalue weighted by Crippen LogP contribution is -2.42. The predicted molar refractivity (Wildman–Crippen MR) is 106 cm³/mol. The van der Waals surface area contributed by atoms with Gasteiger partial charge in [-0.05, 0) is 73.3 Å². The van der Waals surface area contributed by atoms with Crippen LogP contribution >= 0.6 is 22.9 Å². The first-order valence-electron chi connectivity index (χ1n) is 9.08. The van der Waals surface area contributed by atoms with Gasteiger partial charge in [-0.3, -0.25) is 13.3 Å². The Morgan fingerprint density at radius 3 is 2.69 bits per heavy atom. The lowest BCUT2D eigenvalue weighted by atomic mass is 9.82. The number of aromatic nitrogens is 1. The quantitative estimate of drug-likeness (QED) is 0.527. The van der Waals surface area contributed by atoms with Gasteiger partial charge in [-0.1, -0.05) is 6.92 Å². The van der Waals surface area contributed by atoms with Crippen molar-refractivity contribution in [1.82, 2.24) is 8.51 Å². The third-order valence-electron chi connectivity index (χ3n) is 6.54. The van der Waals surface area contributed by atoms with Crippen molar-refractivity contribution >= 4 is 39.7 Å². The fraction of sp³-hybridized carbons (Fsp3) is 0.500. The summed E-state index contributed by atoms with van der Waals surface area (Å²) < 4.78 is 16.4. The second-order valence-electron chi connectivity index (χ2n) is 7.94. The van der Waals surface area contributed by atoms with Crippen molar-refractivity contribution in [2.75, 3.05) is 0 Å². The van der Waals surface area contributed by atoms with Gasteiger partial charge in [0.25, 0.3) is 0 Å². The van der Waals surface area contributed by atoms with Gasteiger partial charge in [0.2, 0.25) is 5.91 Å². The Balaban J connectivity index is 1.56. The molecule has 26 heavy (non-hydrogen) atoms. The maximum atomic E-state index is 13.7. The van der Waals surface area contributed by atoms with E-state index >= 15 is 0 Å². The number of hydrogen-bond donors (Lipinski definition) is 2. The van der Waals surface area contributed by atoms with Crippen molar-refractivity contribution < 1.29 is 14.3 Å². The van der Waals surface area contributed by atoms with Gasteiger partial charge < -0.3 is 5.11 Å². The number of fused-ring (bicyclic) bond motifs is 2. The molecule has 138 valence electrons. The molecular formula is C20H22FIN2O2. The third kappa shape index (κ3) is 3.01. The van der Waals surface area contributed by atoms with E-state index in [1.165, 1.54) is 6.07 Å². The molecule has 2 aliphatic rings. The van der Waals surface area contributed by atoms with Crippen LogP contribution in [-0.4, -0.2) is 21.6 Å². The van der Waals surface area contributed by atoms with Gasteiger partial charge in [-0.25, -0.2) is 4.39 Å². The van der Waals surface area contributed by atoms with Gasteiger partial charge >= 0.3 is 0 Å². The highest BCUT2D eigenvalue weighted by atomic mass is 127. The summed E-state index contributed by atoms with van der Waals surface area (Å²) in [6.07, 6.45) is 5.07. The summed E-state index contributed by atoms with van der Waals surface area (Å²) in [4.78, 5) is 16.3. The molecule has 3 unspecified atom stereocenters. The highest BCUT2D eigenvalue weighted by molar-refractivity contribution is 14.1. The first-order chi connectivity index (χ1) is 12.4. The number of aliphatic hydroxyl groups is 1. The van der Waals surface area contributed by atoms with Crippen molar-refractivity contribution in [2.24, 2.45) is 17.8 Å². The minimum absolute atomic E-state index is 0.111. The summed E-state index contributed by atoms with van der Waals surface area (Å²) >= 11 is 1.83. The SMILES string of the molecule is CC(C(=O)NI)C1(O)CC2CC(c3ccnc4ccc(F)cc34)CC2C1. The van der Waals surface area contributed by atoms with E-state index in [0.717, 1.165) is 29.3 Å². The van der Waals surface area contributed by atoms with Crippen LogP contribution in [0.1, 0.15) is 44.1 Å². The van der Waals surface area contributed by atoms with Gasteiger partial charge in [-0.15, -0.1) is 0 Å². The number of hydrogen-bond acceptors (Lipinski definition) is 3. The highest BCUT2D eigenvalue weighted by Gasteiger charge is 2.52. The third-order valence-corrected chi connectivity index (χ3v) is 7.07. The summed E-state index contributed by atoms with van der Waals surface area (Å²) in [5.74, 6) is 0.422. The number of pyridine rings is 1. The van der Waals surface area contributed by atoms with Crippen LogP contribution in [0.25, 0.3) is 10.9 Å². The maximum absolute atomic E-state index is 13.7. The van der Waals surface area contributed by atoms with Gasteiger partial charge in [0.05, 0.1) is 39.9 Å². The van der Waals surface area contributed by atoms with Gasteiger partial charge in [0, 0.05) is 11.6 Å². The average molecular weight is 468 g/mol. The normalized spacial score (nSPS) is 31.8. The van der Waals surface area contributed by atoms with Gasteiger partial charge in [-0.2, -0.15) is 0 Å². The van der Waals surface area contributed by atoms with E-state index in [0.29, 0.717) is 30.6 Å². The monoisotopic (exact) mass is 468 g/mol. The maximum Gasteiger partial charge on any atom is 0.234 e. The summed E-state index contributed by atoms with van der Waals surface area (Å²) in [5, 5.41) is 11.9. The lowest BCUT2D eigenvalue weighted by Gasteiger charge is -2.30. The number of nitrogens with one attached hydrogen (secondary N) is 1. The number of nitrogens with zero attached hydrogens (tertiary/aromatic N) is 1. The largest absolute Gasteiger partial charge is 0.389 e. The molecule has 1 amide bonds. The Hall–Kier alpha value is -1.28. The highest BCUT2D eigenvalue weighted by Crippen LogP contribution is 2.56. The van der Waals surface area contributed by atoms with Crippen LogP contribution < -0.4 is 3.53 Å². The van der Waals surface area contributed by atoms with Gasteiger partial charge in [0.1, 0.15) is 5.82 Å². The molecule has 0 bridgehead atoms. The molecule has 4 rings (SSSR count). The number of carbonyl (C=O) groups excluding carboxylic acids is 1. The summed E-state index contributed by atoms with van der Waals surface area (Å²) in [5.41, 5.74) is 1.07. The smallest absolute Gasteiger partial charge is 0.234 e. The van der Waals surface area contributed by atoms with E-state index in [4.69, 9.17) is 0 Å². The Morgan fingerprint density at radius 1 is 1.35 bits per heavy atom. The van der Waals surface area contributed by atoms with Crippen LogP contribution in [0, 0.1) is 23.6 Å².